The lowest BCUT2D eigenvalue weighted by Gasteiger charge is -2.18. The smallest absolute Gasteiger partial charge is 0.230 e. The first-order valence-corrected chi connectivity index (χ1v) is 6.50. The van der Waals surface area contributed by atoms with E-state index in [-0.39, 0.29) is 11.8 Å². The molecule has 18 heavy (non-hydrogen) atoms. The molecule has 2 fully saturated rings. The number of fused-ring (bicyclic) bond motifs is 1. The van der Waals surface area contributed by atoms with Gasteiger partial charge in [0.05, 0.1) is 11.6 Å². The largest absolute Gasteiger partial charge is 0.315 e. The van der Waals surface area contributed by atoms with Crippen LogP contribution in [-0.2, 0) is 4.79 Å². The van der Waals surface area contributed by atoms with Crippen LogP contribution < -0.4 is 4.90 Å². The van der Waals surface area contributed by atoms with Crippen molar-refractivity contribution in [2.24, 2.45) is 17.8 Å². The van der Waals surface area contributed by atoms with Crippen LogP contribution in [0.3, 0.4) is 0 Å². The monoisotopic (exact) mass is 240 g/mol. The van der Waals surface area contributed by atoms with E-state index >= 15 is 0 Å². The second-order valence-electron chi connectivity index (χ2n) is 5.34. The Morgan fingerprint density at radius 1 is 1.28 bits per heavy atom. The fraction of sp³-hybridized carbons (Fsp3) is 0.467. The van der Waals surface area contributed by atoms with E-state index in [4.69, 9.17) is 5.26 Å². The predicted molar refractivity (Wildman–Crippen MR) is 68.9 cm³/mol. The van der Waals surface area contributed by atoms with Gasteiger partial charge < -0.3 is 4.90 Å². The number of rotatable bonds is 2. The molecule has 3 rings (SSSR count). The van der Waals surface area contributed by atoms with Crippen molar-refractivity contribution in [2.45, 2.75) is 19.3 Å². The molecule has 2 aliphatic rings. The molecule has 0 radical (unpaired) electrons. The molecule has 1 amide bonds. The van der Waals surface area contributed by atoms with E-state index in [1.165, 1.54) is 19.3 Å². The van der Waals surface area contributed by atoms with Gasteiger partial charge in [0.1, 0.15) is 0 Å². The molecular weight excluding hydrogens is 224 g/mol. The minimum atomic E-state index is 0.245. The maximum absolute atomic E-state index is 12.3. The molecule has 0 spiro atoms. The first kappa shape index (κ1) is 11.3. The average molecular weight is 240 g/mol. The summed E-state index contributed by atoms with van der Waals surface area (Å²) in [7, 11) is 1.83. The van der Waals surface area contributed by atoms with Crippen molar-refractivity contribution in [3.63, 3.8) is 0 Å². The summed E-state index contributed by atoms with van der Waals surface area (Å²) >= 11 is 0. The first-order chi connectivity index (χ1) is 8.72. The standard InChI is InChI=1S/C15H16N2O/c1-17(11-7-5-10(9-16)6-8-11)15(18)14-12-3-2-4-13(12)14/h5-8,12-14H,2-4H2,1H3. The summed E-state index contributed by atoms with van der Waals surface area (Å²) in [5.74, 6) is 1.81. The van der Waals surface area contributed by atoms with E-state index < -0.39 is 0 Å². The summed E-state index contributed by atoms with van der Waals surface area (Å²) < 4.78 is 0. The molecule has 2 aliphatic carbocycles. The number of benzene rings is 1. The summed E-state index contributed by atoms with van der Waals surface area (Å²) in [6.45, 7) is 0. The Balaban J connectivity index is 1.72. The minimum absolute atomic E-state index is 0.245. The molecule has 0 bridgehead atoms. The number of nitrogens with zero attached hydrogens (tertiary/aromatic N) is 2. The summed E-state index contributed by atoms with van der Waals surface area (Å²) in [5, 5.41) is 8.75. The van der Waals surface area contributed by atoms with Crippen LogP contribution in [0.15, 0.2) is 24.3 Å². The van der Waals surface area contributed by atoms with Crippen LogP contribution in [0.4, 0.5) is 5.69 Å². The molecule has 0 heterocycles. The number of hydrogen-bond acceptors (Lipinski definition) is 2. The molecule has 0 aliphatic heterocycles. The number of amides is 1. The highest BCUT2D eigenvalue weighted by molar-refractivity contribution is 5.96. The number of nitriles is 1. The molecule has 2 saturated carbocycles. The van der Waals surface area contributed by atoms with E-state index in [9.17, 15) is 4.79 Å². The molecule has 0 aromatic heterocycles. The van der Waals surface area contributed by atoms with Gasteiger partial charge in [0, 0.05) is 18.7 Å². The Bertz CT molecular complexity index is 504. The molecule has 2 atom stereocenters. The maximum Gasteiger partial charge on any atom is 0.230 e. The van der Waals surface area contributed by atoms with Crippen molar-refractivity contribution in [3.05, 3.63) is 29.8 Å². The molecule has 1 aromatic carbocycles. The van der Waals surface area contributed by atoms with Gasteiger partial charge >= 0.3 is 0 Å². The molecule has 2 unspecified atom stereocenters. The van der Waals surface area contributed by atoms with Crippen LogP contribution in [0, 0.1) is 29.1 Å². The van der Waals surface area contributed by atoms with Gasteiger partial charge in [-0.15, -0.1) is 0 Å². The van der Waals surface area contributed by atoms with Gasteiger partial charge in [0.15, 0.2) is 0 Å². The zero-order valence-electron chi connectivity index (χ0n) is 10.5. The van der Waals surface area contributed by atoms with Crippen LogP contribution in [0.25, 0.3) is 0 Å². The predicted octanol–water partition coefficient (Wildman–Crippen LogP) is 2.57. The van der Waals surface area contributed by atoms with Gasteiger partial charge in [-0.2, -0.15) is 5.26 Å². The Kier molecular flexibility index (Phi) is 2.59. The fourth-order valence-corrected chi connectivity index (χ4v) is 3.30. The average Bonchev–Trinajstić information content (AvgIpc) is 2.89. The molecule has 3 heteroatoms. The van der Waals surface area contributed by atoms with Gasteiger partial charge in [0.25, 0.3) is 0 Å². The summed E-state index contributed by atoms with van der Waals surface area (Å²) in [5.41, 5.74) is 1.51. The highest BCUT2D eigenvalue weighted by atomic mass is 16.2. The number of carbonyl (C=O) groups excluding carboxylic acids is 1. The maximum atomic E-state index is 12.3. The second-order valence-corrected chi connectivity index (χ2v) is 5.34. The van der Waals surface area contributed by atoms with Crippen LogP contribution >= 0.6 is 0 Å². The Hall–Kier alpha value is -1.82. The van der Waals surface area contributed by atoms with Crippen molar-refractivity contribution in [1.82, 2.24) is 0 Å². The lowest BCUT2D eigenvalue weighted by molar-refractivity contribution is -0.120. The number of carbonyl (C=O) groups is 1. The summed E-state index contributed by atoms with van der Waals surface area (Å²) in [6.07, 6.45) is 3.74. The van der Waals surface area contributed by atoms with Crippen LogP contribution in [0.1, 0.15) is 24.8 Å². The van der Waals surface area contributed by atoms with Gasteiger partial charge in [-0.25, -0.2) is 0 Å². The van der Waals surface area contributed by atoms with Crippen molar-refractivity contribution >= 4 is 11.6 Å². The Labute approximate surface area is 107 Å². The van der Waals surface area contributed by atoms with Gasteiger partial charge in [-0.05, 0) is 48.9 Å². The van der Waals surface area contributed by atoms with Gasteiger partial charge in [-0.1, -0.05) is 6.42 Å². The quantitative estimate of drug-likeness (QED) is 0.797. The van der Waals surface area contributed by atoms with E-state index in [2.05, 4.69) is 6.07 Å². The van der Waals surface area contributed by atoms with E-state index in [1.54, 1.807) is 17.0 Å². The fourth-order valence-electron chi connectivity index (χ4n) is 3.30. The molecule has 0 saturated heterocycles. The lowest BCUT2D eigenvalue weighted by Crippen LogP contribution is -2.29. The third-order valence-electron chi connectivity index (χ3n) is 4.41. The molecule has 0 N–H and O–H groups in total. The SMILES string of the molecule is CN(C(=O)C1C2CCCC21)c1ccc(C#N)cc1. The van der Waals surface area contributed by atoms with Gasteiger partial charge in [-0.3, -0.25) is 4.79 Å². The topological polar surface area (TPSA) is 44.1 Å². The highest BCUT2D eigenvalue weighted by Crippen LogP contribution is 2.58. The molecule has 92 valence electrons. The summed E-state index contributed by atoms with van der Waals surface area (Å²) in [6, 6.07) is 9.28. The Morgan fingerprint density at radius 2 is 1.89 bits per heavy atom. The van der Waals surface area contributed by atoms with Crippen molar-refractivity contribution in [3.8, 4) is 6.07 Å². The lowest BCUT2D eigenvalue weighted by atomic mass is 10.1. The molecule has 1 aromatic rings. The van der Waals surface area contributed by atoms with Crippen molar-refractivity contribution in [1.29, 1.82) is 5.26 Å². The number of anilines is 1. The van der Waals surface area contributed by atoms with Crippen LogP contribution in [0.2, 0.25) is 0 Å². The summed E-state index contributed by atoms with van der Waals surface area (Å²) in [4.78, 5) is 14.1. The van der Waals surface area contributed by atoms with Crippen LogP contribution in [-0.4, -0.2) is 13.0 Å². The van der Waals surface area contributed by atoms with Crippen LogP contribution in [0.5, 0.6) is 0 Å². The minimum Gasteiger partial charge on any atom is -0.315 e. The van der Waals surface area contributed by atoms with E-state index in [0.717, 1.165) is 5.69 Å². The third kappa shape index (κ3) is 1.69. The molecule has 3 nitrogen and oxygen atoms in total. The normalized spacial score (nSPS) is 28.3. The van der Waals surface area contributed by atoms with E-state index in [0.29, 0.717) is 17.4 Å². The number of hydrogen-bond donors (Lipinski definition) is 0. The molecular formula is C15H16N2O. The third-order valence-corrected chi connectivity index (χ3v) is 4.41. The van der Waals surface area contributed by atoms with Gasteiger partial charge in [0.2, 0.25) is 5.91 Å². The highest BCUT2D eigenvalue weighted by Gasteiger charge is 2.57. The zero-order valence-corrected chi connectivity index (χ0v) is 10.5. The van der Waals surface area contributed by atoms with Crippen molar-refractivity contribution in [2.75, 3.05) is 11.9 Å². The second kappa shape index (κ2) is 4.13. The Morgan fingerprint density at radius 3 is 2.44 bits per heavy atom. The zero-order chi connectivity index (χ0) is 12.7. The first-order valence-electron chi connectivity index (χ1n) is 6.50. The van der Waals surface area contributed by atoms with Crippen molar-refractivity contribution < 1.29 is 4.79 Å². The van der Waals surface area contributed by atoms with E-state index in [1.807, 2.05) is 19.2 Å².